The zero-order valence-electron chi connectivity index (χ0n) is 11.1. The first-order valence-corrected chi connectivity index (χ1v) is 7.62. The van der Waals surface area contributed by atoms with Gasteiger partial charge in [-0.1, -0.05) is 37.6 Å². The number of halogens is 2. The molecule has 1 aromatic rings. The van der Waals surface area contributed by atoms with Gasteiger partial charge in [-0.3, -0.25) is 0 Å². The molecule has 0 atom stereocenters. The molecule has 18 heavy (non-hydrogen) atoms. The molecule has 0 saturated heterocycles. The molecule has 0 amide bonds. The number of rotatable bonds is 8. The highest BCUT2D eigenvalue weighted by molar-refractivity contribution is 9.10. The van der Waals surface area contributed by atoms with Crippen molar-refractivity contribution in [3.63, 3.8) is 0 Å². The monoisotopic (exact) mass is 332 g/mol. The lowest BCUT2D eigenvalue weighted by molar-refractivity contribution is 0.530. The second-order valence-electron chi connectivity index (χ2n) is 4.84. The van der Waals surface area contributed by atoms with Crippen molar-refractivity contribution < 1.29 is 0 Å². The van der Waals surface area contributed by atoms with Crippen molar-refractivity contribution >= 4 is 27.5 Å². The van der Waals surface area contributed by atoms with Gasteiger partial charge in [0.25, 0.3) is 0 Å². The molecule has 1 aromatic carbocycles. The highest BCUT2D eigenvalue weighted by Crippen LogP contribution is 2.25. The third kappa shape index (κ3) is 6.19. The summed E-state index contributed by atoms with van der Waals surface area (Å²) in [6.45, 7) is 8.44. The van der Waals surface area contributed by atoms with E-state index in [1.54, 1.807) is 0 Å². The molecule has 0 saturated carbocycles. The molecule has 0 aromatic heterocycles. The summed E-state index contributed by atoms with van der Waals surface area (Å²) in [5.74, 6) is 0.721. The van der Waals surface area contributed by atoms with Gasteiger partial charge in [0.05, 0.1) is 5.02 Å². The minimum Gasteiger partial charge on any atom is -0.316 e. The van der Waals surface area contributed by atoms with Gasteiger partial charge < -0.3 is 10.6 Å². The summed E-state index contributed by atoms with van der Waals surface area (Å²) in [5.41, 5.74) is 1.14. The van der Waals surface area contributed by atoms with Gasteiger partial charge in [0.15, 0.2) is 0 Å². The molecule has 0 bridgehead atoms. The largest absolute Gasteiger partial charge is 0.316 e. The molecule has 0 unspecified atom stereocenters. The molecule has 4 heteroatoms. The first kappa shape index (κ1) is 16.0. The summed E-state index contributed by atoms with van der Waals surface area (Å²) in [6.07, 6.45) is 1.14. The molecule has 0 aliphatic heterocycles. The zero-order valence-corrected chi connectivity index (χ0v) is 13.4. The quantitative estimate of drug-likeness (QED) is 0.707. The Kier molecular flexibility index (Phi) is 7.91. The molecule has 0 radical (unpaired) electrons. The van der Waals surface area contributed by atoms with E-state index >= 15 is 0 Å². The van der Waals surface area contributed by atoms with Crippen molar-refractivity contribution in [3.05, 3.63) is 33.3 Å². The Bertz CT molecular complexity index is 356. The van der Waals surface area contributed by atoms with Crippen LogP contribution in [0.25, 0.3) is 0 Å². The van der Waals surface area contributed by atoms with Crippen LogP contribution in [0.2, 0.25) is 5.02 Å². The van der Waals surface area contributed by atoms with E-state index in [9.17, 15) is 0 Å². The van der Waals surface area contributed by atoms with Crippen LogP contribution in [0.3, 0.4) is 0 Å². The molecule has 0 aliphatic rings. The maximum Gasteiger partial charge on any atom is 0.0592 e. The lowest BCUT2D eigenvalue weighted by Crippen LogP contribution is -2.24. The van der Waals surface area contributed by atoms with Crippen LogP contribution in [0.1, 0.15) is 25.8 Å². The SMILES string of the molecule is CC(C)CNCCCNCc1cccc(Br)c1Cl. The summed E-state index contributed by atoms with van der Waals surface area (Å²) in [5, 5.41) is 7.65. The lowest BCUT2D eigenvalue weighted by Gasteiger charge is -2.09. The fraction of sp³-hybridized carbons (Fsp3) is 0.571. The normalized spacial score (nSPS) is 11.2. The maximum atomic E-state index is 6.19. The van der Waals surface area contributed by atoms with Crippen LogP contribution < -0.4 is 10.6 Å². The van der Waals surface area contributed by atoms with Gasteiger partial charge in [0, 0.05) is 11.0 Å². The Morgan fingerprint density at radius 3 is 2.67 bits per heavy atom. The predicted molar refractivity (Wildman–Crippen MR) is 83.2 cm³/mol. The molecule has 1 rings (SSSR count). The van der Waals surface area contributed by atoms with E-state index in [2.05, 4.69) is 46.5 Å². The van der Waals surface area contributed by atoms with Gasteiger partial charge in [0.1, 0.15) is 0 Å². The first-order chi connectivity index (χ1) is 8.61. The van der Waals surface area contributed by atoms with E-state index in [1.165, 1.54) is 0 Å². The second kappa shape index (κ2) is 8.92. The highest BCUT2D eigenvalue weighted by atomic mass is 79.9. The Labute approximate surface area is 124 Å². The smallest absolute Gasteiger partial charge is 0.0592 e. The fourth-order valence-corrected chi connectivity index (χ4v) is 2.24. The van der Waals surface area contributed by atoms with Crippen LogP contribution in [-0.4, -0.2) is 19.6 Å². The molecule has 102 valence electrons. The molecule has 2 nitrogen and oxygen atoms in total. The molecule has 2 N–H and O–H groups in total. The van der Waals surface area contributed by atoms with E-state index in [0.717, 1.165) is 53.6 Å². The number of hydrogen-bond acceptors (Lipinski definition) is 2. The molecule has 0 heterocycles. The fourth-order valence-electron chi connectivity index (χ4n) is 1.64. The second-order valence-corrected chi connectivity index (χ2v) is 6.07. The highest BCUT2D eigenvalue weighted by Gasteiger charge is 2.02. The number of benzene rings is 1. The van der Waals surface area contributed by atoms with E-state index in [-0.39, 0.29) is 0 Å². The standard InChI is InChI=1S/C14H22BrClN2/c1-11(2)9-17-7-4-8-18-10-12-5-3-6-13(15)14(12)16/h3,5-6,11,17-18H,4,7-10H2,1-2H3. The third-order valence-corrected chi connectivity index (χ3v) is 3.94. The van der Waals surface area contributed by atoms with E-state index in [4.69, 9.17) is 11.6 Å². The van der Waals surface area contributed by atoms with Crippen LogP contribution in [0.5, 0.6) is 0 Å². The van der Waals surface area contributed by atoms with Crippen molar-refractivity contribution in [2.45, 2.75) is 26.8 Å². The van der Waals surface area contributed by atoms with Crippen LogP contribution >= 0.6 is 27.5 Å². The van der Waals surface area contributed by atoms with E-state index in [1.807, 2.05) is 12.1 Å². The molecular weight excluding hydrogens is 312 g/mol. The average molecular weight is 334 g/mol. The van der Waals surface area contributed by atoms with Crippen molar-refractivity contribution in [1.82, 2.24) is 10.6 Å². The Hall–Kier alpha value is -0.0900. The van der Waals surface area contributed by atoms with Gasteiger partial charge in [-0.2, -0.15) is 0 Å². The van der Waals surface area contributed by atoms with Crippen LogP contribution in [0.4, 0.5) is 0 Å². The van der Waals surface area contributed by atoms with Crippen LogP contribution in [-0.2, 0) is 6.54 Å². The summed E-state index contributed by atoms with van der Waals surface area (Å²) < 4.78 is 0.960. The van der Waals surface area contributed by atoms with Gasteiger partial charge in [0.2, 0.25) is 0 Å². The minimum absolute atomic E-state index is 0.721. The topological polar surface area (TPSA) is 24.1 Å². The van der Waals surface area contributed by atoms with Gasteiger partial charge in [-0.15, -0.1) is 0 Å². The van der Waals surface area contributed by atoms with Crippen molar-refractivity contribution in [1.29, 1.82) is 0 Å². The Morgan fingerprint density at radius 1 is 1.22 bits per heavy atom. The van der Waals surface area contributed by atoms with Crippen molar-refractivity contribution in [2.75, 3.05) is 19.6 Å². The summed E-state index contributed by atoms with van der Waals surface area (Å²) >= 11 is 9.62. The van der Waals surface area contributed by atoms with Crippen molar-refractivity contribution in [2.24, 2.45) is 5.92 Å². The molecule has 0 fully saturated rings. The predicted octanol–water partition coefficient (Wildman–Crippen LogP) is 3.83. The first-order valence-electron chi connectivity index (χ1n) is 6.45. The lowest BCUT2D eigenvalue weighted by atomic mass is 10.2. The number of nitrogens with one attached hydrogen (secondary N) is 2. The zero-order chi connectivity index (χ0) is 13.4. The van der Waals surface area contributed by atoms with Gasteiger partial charge in [-0.05, 0) is 59.5 Å². The molecule has 0 spiro atoms. The summed E-state index contributed by atoms with van der Waals surface area (Å²) in [6, 6.07) is 6.02. The van der Waals surface area contributed by atoms with Crippen molar-refractivity contribution in [3.8, 4) is 0 Å². The Morgan fingerprint density at radius 2 is 1.94 bits per heavy atom. The van der Waals surface area contributed by atoms with Gasteiger partial charge in [-0.25, -0.2) is 0 Å². The maximum absolute atomic E-state index is 6.19. The van der Waals surface area contributed by atoms with Gasteiger partial charge >= 0.3 is 0 Å². The number of hydrogen-bond donors (Lipinski definition) is 2. The van der Waals surface area contributed by atoms with Crippen LogP contribution in [0, 0.1) is 5.92 Å². The minimum atomic E-state index is 0.721. The van der Waals surface area contributed by atoms with E-state index in [0.29, 0.717) is 0 Å². The Balaban J connectivity index is 2.13. The van der Waals surface area contributed by atoms with Crippen LogP contribution in [0.15, 0.2) is 22.7 Å². The average Bonchev–Trinajstić information content (AvgIpc) is 2.32. The van der Waals surface area contributed by atoms with E-state index < -0.39 is 0 Å². The summed E-state index contributed by atoms with van der Waals surface area (Å²) in [7, 11) is 0. The third-order valence-electron chi connectivity index (χ3n) is 2.61. The summed E-state index contributed by atoms with van der Waals surface area (Å²) in [4.78, 5) is 0. The molecule has 0 aliphatic carbocycles. The molecular formula is C14H22BrClN2.